The predicted molar refractivity (Wildman–Crippen MR) is 68.1 cm³/mol. The van der Waals surface area contributed by atoms with E-state index in [4.69, 9.17) is 5.11 Å². The monoisotopic (exact) mass is 261 g/mol. The normalized spacial score (nSPS) is 10.2. The topological polar surface area (TPSA) is 75.1 Å². The quantitative estimate of drug-likeness (QED) is 0.884. The van der Waals surface area contributed by atoms with Crippen LogP contribution in [0.2, 0.25) is 0 Å². The molecule has 2 N–H and O–H groups in total. The predicted octanol–water partition coefficient (Wildman–Crippen LogP) is 2.62. The van der Waals surface area contributed by atoms with Crippen LogP contribution >= 0.6 is 0 Å². The summed E-state index contributed by atoms with van der Waals surface area (Å²) in [5, 5.41) is 11.9. The molecule has 98 valence electrons. The maximum atomic E-state index is 12.8. The molecule has 2 rings (SSSR count). The van der Waals surface area contributed by atoms with Gasteiger partial charge in [0.1, 0.15) is 17.5 Å². The molecule has 0 aliphatic carbocycles. The third-order valence-corrected chi connectivity index (χ3v) is 2.42. The largest absolute Gasteiger partial charge is 0.477 e. The highest BCUT2D eigenvalue weighted by Gasteiger charge is 2.09. The van der Waals surface area contributed by atoms with Gasteiger partial charge in [-0.2, -0.15) is 0 Å². The minimum atomic E-state index is -1.11. The van der Waals surface area contributed by atoms with Crippen LogP contribution in [0.3, 0.4) is 0 Å². The van der Waals surface area contributed by atoms with Gasteiger partial charge in [0.25, 0.3) is 0 Å². The van der Waals surface area contributed by atoms with Crippen molar-refractivity contribution >= 4 is 17.5 Å². The number of hydrogen-bond donors (Lipinski definition) is 2. The number of hydrogen-bond acceptors (Lipinski definition) is 4. The van der Waals surface area contributed by atoms with Crippen molar-refractivity contribution < 1.29 is 14.3 Å². The van der Waals surface area contributed by atoms with Gasteiger partial charge in [0.2, 0.25) is 0 Å². The number of halogens is 1. The van der Waals surface area contributed by atoms with E-state index < -0.39 is 5.97 Å². The summed E-state index contributed by atoms with van der Waals surface area (Å²) >= 11 is 0. The molecule has 0 radical (unpaired) electrons. The van der Waals surface area contributed by atoms with Crippen molar-refractivity contribution in [2.75, 3.05) is 5.32 Å². The maximum absolute atomic E-state index is 12.8. The number of rotatable bonds is 4. The van der Waals surface area contributed by atoms with Gasteiger partial charge in [-0.1, -0.05) is 6.92 Å². The van der Waals surface area contributed by atoms with E-state index in [1.807, 2.05) is 6.92 Å². The summed E-state index contributed by atoms with van der Waals surface area (Å²) in [6.45, 7) is 1.84. The fourth-order valence-corrected chi connectivity index (χ4v) is 1.51. The Labute approximate surface area is 109 Å². The van der Waals surface area contributed by atoms with Crippen molar-refractivity contribution in [3.63, 3.8) is 0 Å². The highest BCUT2D eigenvalue weighted by atomic mass is 19.1. The Hall–Kier alpha value is -2.50. The second-order valence-electron chi connectivity index (χ2n) is 3.85. The molecule has 5 nitrogen and oxygen atoms in total. The second kappa shape index (κ2) is 5.43. The fraction of sp³-hybridized carbons (Fsp3) is 0.154. The molecule has 0 spiro atoms. The minimum absolute atomic E-state index is 0.0727. The molecule has 0 saturated carbocycles. The number of benzene rings is 1. The van der Waals surface area contributed by atoms with Gasteiger partial charge >= 0.3 is 5.97 Å². The van der Waals surface area contributed by atoms with E-state index in [1.165, 1.54) is 18.2 Å². The average molecular weight is 261 g/mol. The molecule has 2 aromatic rings. The molecule has 0 amide bonds. The molecule has 1 aromatic carbocycles. The van der Waals surface area contributed by atoms with E-state index in [0.717, 1.165) is 0 Å². The Kier molecular flexibility index (Phi) is 3.70. The summed E-state index contributed by atoms with van der Waals surface area (Å²) in [4.78, 5) is 19.0. The molecular formula is C13H12FN3O2. The number of aromatic nitrogens is 2. The van der Waals surface area contributed by atoms with Gasteiger partial charge in [0, 0.05) is 18.2 Å². The second-order valence-corrected chi connectivity index (χ2v) is 3.85. The lowest BCUT2D eigenvalue weighted by Crippen LogP contribution is -2.07. The first-order chi connectivity index (χ1) is 9.08. The highest BCUT2D eigenvalue weighted by molar-refractivity contribution is 5.86. The Morgan fingerprint density at radius 2 is 2.00 bits per heavy atom. The summed E-state index contributed by atoms with van der Waals surface area (Å²) in [6, 6.07) is 7.04. The Balaban J connectivity index is 2.31. The van der Waals surface area contributed by atoms with Gasteiger partial charge in [-0.3, -0.25) is 0 Å². The number of aromatic carboxylic acids is 1. The van der Waals surface area contributed by atoms with Crippen LogP contribution in [0.5, 0.6) is 0 Å². The number of nitrogens with one attached hydrogen (secondary N) is 1. The van der Waals surface area contributed by atoms with Crippen LogP contribution in [0.1, 0.15) is 23.2 Å². The van der Waals surface area contributed by atoms with Crippen LogP contribution in [-0.2, 0) is 6.42 Å². The van der Waals surface area contributed by atoms with Crippen molar-refractivity contribution in [3.8, 4) is 0 Å². The molecule has 0 fully saturated rings. The van der Waals surface area contributed by atoms with Gasteiger partial charge in [0.05, 0.1) is 0 Å². The molecule has 0 aliphatic heterocycles. The molecule has 1 aromatic heterocycles. The number of aryl methyl sites for hydroxylation is 1. The van der Waals surface area contributed by atoms with E-state index in [2.05, 4.69) is 15.3 Å². The molecule has 0 saturated heterocycles. The van der Waals surface area contributed by atoms with Crippen LogP contribution < -0.4 is 5.32 Å². The van der Waals surface area contributed by atoms with Crippen molar-refractivity contribution in [1.82, 2.24) is 9.97 Å². The van der Waals surface area contributed by atoms with E-state index in [0.29, 0.717) is 23.8 Å². The summed E-state index contributed by atoms with van der Waals surface area (Å²) < 4.78 is 12.8. The summed E-state index contributed by atoms with van der Waals surface area (Å²) in [5.74, 6) is -0.645. The third kappa shape index (κ3) is 3.25. The molecule has 6 heteroatoms. The minimum Gasteiger partial charge on any atom is -0.477 e. The number of nitrogens with zero attached hydrogens (tertiary/aromatic N) is 2. The summed E-state index contributed by atoms with van der Waals surface area (Å²) in [7, 11) is 0. The first-order valence-corrected chi connectivity index (χ1v) is 5.72. The van der Waals surface area contributed by atoms with Gasteiger partial charge in [-0.05, 0) is 24.3 Å². The van der Waals surface area contributed by atoms with Gasteiger partial charge in [0.15, 0.2) is 5.69 Å². The lowest BCUT2D eigenvalue weighted by Gasteiger charge is -2.07. The Morgan fingerprint density at radius 1 is 1.32 bits per heavy atom. The average Bonchev–Trinajstić information content (AvgIpc) is 2.41. The fourth-order valence-electron chi connectivity index (χ4n) is 1.51. The zero-order valence-corrected chi connectivity index (χ0v) is 10.2. The van der Waals surface area contributed by atoms with E-state index >= 15 is 0 Å². The van der Waals surface area contributed by atoms with Crippen molar-refractivity contribution in [1.29, 1.82) is 0 Å². The van der Waals surface area contributed by atoms with Crippen molar-refractivity contribution in [3.05, 3.63) is 47.7 Å². The smallest absolute Gasteiger partial charge is 0.354 e. The number of carbonyl (C=O) groups is 1. The molecule has 19 heavy (non-hydrogen) atoms. The van der Waals surface area contributed by atoms with E-state index in [1.54, 1.807) is 12.1 Å². The van der Waals surface area contributed by atoms with Gasteiger partial charge in [-0.15, -0.1) is 0 Å². The lowest BCUT2D eigenvalue weighted by atomic mass is 10.3. The first-order valence-electron chi connectivity index (χ1n) is 5.72. The highest BCUT2D eigenvalue weighted by Crippen LogP contribution is 2.16. The zero-order chi connectivity index (χ0) is 13.8. The van der Waals surface area contributed by atoms with Crippen LogP contribution in [0.15, 0.2) is 30.3 Å². The van der Waals surface area contributed by atoms with Crippen LogP contribution in [0, 0.1) is 5.82 Å². The Morgan fingerprint density at radius 3 is 2.58 bits per heavy atom. The van der Waals surface area contributed by atoms with E-state index in [-0.39, 0.29) is 11.5 Å². The molecule has 0 aliphatic rings. The summed E-state index contributed by atoms with van der Waals surface area (Å²) in [6.07, 6.45) is 0.527. The van der Waals surface area contributed by atoms with Crippen molar-refractivity contribution in [2.45, 2.75) is 13.3 Å². The molecule has 0 bridgehead atoms. The van der Waals surface area contributed by atoms with Crippen LogP contribution in [0.4, 0.5) is 15.9 Å². The van der Waals surface area contributed by atoms with Gasteiger partial charge < -0.3 is 10.4 Å². The number of carboxylic acid groups (broad SMARTS) is 1. The maximum Gasteiger partial charge on any atom is 0.354 e. The lowest BCUT2D eigenvalue weighted by molar-refractivity contribution is 0.0690. The standard InChI is InChI=1S/C13H12FN3O2/c1-2-11-16-10(13(18)19)7-12(17-11)15-9-5-3-8(14)4-6-9/h3-7H,2H2,1H3,(H,18,19)(H,15,16,17). The first kappa shape index (κ1) is 12.9. The van der Waals surface area contributed by atoms with Crippen LogP contribution in [0.25, 0.3) is 0 Å². The molecular weight excluding hydrogens is 249 g/mol. The molecule has 0 unspecified atom stereocenters. The summed E-state index contributed by atoms with van der Waals surface area (Å²) in [5.41, 5.74) is 0.551. The third-order valence-electron chi connectivity index (χ3n) is 2.42. The molecule has 0 atom stereocenters. The zero-order valence-electron chi connectivity index (χ0n) is 10.2. The number of anilines is 2. The molecule has 1 heterocycles. The van der Waals surface area contributed by atoms with E-state index in [9.17, 15) is 9.18 Å². The Bertz CT molecular complexity index is 599. The number of carboxylic acids is 1. The van der Waals surface area contributed by atoms with Gasteiger partial charge in [-0.25, -0.2) is 19.2 Å². The van der Waals surface area contributed by atoms with Crippen molar-refractivity contribution in [2.24, 2.45) is 0 Å². The SMILES string of the molecule is CCc1nc(Nc2ccc(F)cc2)cc(C(=O)O)n1. The van der Waals surface area contributed by atoms with Crippen LogP contribution in [-0.4, -0.2) is 21.0 Å².